The zero-order valence-corrected chi connectivity index (χ0v) is 12.7. The maximum absolute atomic E-state index is 13.8. The van der Waals surface area contributed by atoms with Crippen LogP contribution < -0.4 is 15.2 Å². The summed E-state index contributed by atoms with van der Waals surface area (Å²) in [4.78, 5) is 11.3. The van der Waals surface area contributed by atoms with Crippen molar-refractivity contribution in [3.8, 4) is 5.75 Å². The fraction of sp³-hybridized carbons (Fsp3) is 0.417. The molecular formula is C12H17FN2O5S. The summed E-state index contributed by atoms with van der Waals surface area (Å²) in [5.41, 5.74) is -0.180. The molecule has 1 unspecified atom stereocenters. The highest BCUT2D eigenvalue weighted by atomic mass is 32.2. The zero-order valence-electron chi connectivity index (χ0n) is 11.8. The Balaban J connectivity index is 3.16. The van der Waals surface area contributed by atoms with Gasteiger partial charge in [0.05, 0.1) is 13.2 Å². The molecule has 0 aromatic heterocycles. The van der Waals surface area contributed by atoms with Crippen molar-refractivity contribution >= 4 is 15.9 Å². The van der Waals surface area contributed by atoms with Gasteiger partial charge in [0.2, 0.25) is 10.0 Å². The predicted molar refractivity (Wildman–Crippen MR) is 73.1 cm³/mol. The van der Waals surface area contributed by atoms with Gasteiger partial charge in [-0.1, -0.05) is 0 Å². The number of halogens is 1. The number of hydrogen-bond acceptors (Lipinski definition) is 5. The summed E-state index contributed by atoms with van der Waals surface area (Å²) in [5.74, 6) is -2.17. The molecule has 0 spiro atoms. The number of rotatable bonds is 6. The first-order valence-electron chi connectivity index (χ1n) is 5.92. The summed E-state index contributed by atoms with van der Waals surface area (Å²) in [6, 6.07) is 1.84. The number of methoxy groups -OCH3 is 2. The van der Waals surface area contributed by atoms with Gasteiger partial charge in [-0.25, -0.2) is 17.9 Å². The van der Waals surface area contributed by atoms with E-state index in [4.69, 9.17) is 9.88 Å². The Morgan fingerprint density at radius 1 is 1.43 bits per heavy atom. The smallest absolute Gasteiger partial charge is 0.251 e. The van der Waals surface area contributed by atoms with Crippen molar-refractivity contribution < 1.29 is 27.1 Å². The van der Waals surface area contributed by atoms with Crippen LogP contribution in [-0.2, 0) is 14.8 Å². The summed E-state index contributed by atoms with van der Waals surface area (Å²) in [5, 5.41) is 7.47. The molecule has 3 N–H and O–H groups in total. The zero-order chi connectivity index (χ0) is 16.2. The second kappa shape index (κ2) is 6.83. The molecule has 0 radical (unpaired) electrons. The highest BCUT2D eigenvalue weighted by Crippen LogP contribution is 2.27. The first kappa shape index (κ1) is 17.3. The average molecular weight is 320 g/mol. The fourth-order valence-corrected chi connectivity index (χ4v) is 2.26. The van der Waals surface area contributed by atoms with E-state index in [1.807, 2.05) is 0 Å². The lowest BCUT2D eigenvalue weighted by molar-refractivity contribution is 0.0869. The molecule has 9 heteroatoms. The van der Waals surface area contributed by atoms with Gasteiger partial charge >= 0.3 is 0 Å². The van der Waals surface area contributed by atoms with Crippen molar-refractivity contribution in [3.05, 3.63) is 23.5 Å². The van der Waals surface area contributed by atoms with E-state index in [1.165, 1.54) is 7.11 Å². The lowest BCUT2D eigenvalue weighted by Crippen LogP contribution is -2.31. The van der Waals surface area contributed by atoms with Crippen LogP contribution in [0.3, 0.4) is 0 Å². The topological polar surface area (TPSA) is 108 Å². The van der Waals surface area contributed by atoms with E-state index in [2.05, 4.69) is 10.1 Å². The standard InChI is InChI=1S/C12H17FN2O5S/c1-7(19-2)6-15-12(16)8-4-9(13)11(20-3)10(5-8)21(14,17)18/h4-5,7H,6H2,1-3H3,(H,15,16)(H2,14,17,18). The van der Waals surface area contributed by atoms with Gasteiger partial charge in [-0.15, -0.1) is 0 Å². The van der Waals surface area contributed by atoms with Crippen molar-refractivity contribution in [1.82, 2.24) is 5.32 Å². The predicted octanol–water partition coefficient (Wildman–Crippen LogP) is 0.246. The van der Waals surface area contributed by atoms with Crippen molar-refractivity contribution in [3.63, 3.8) is 0 Å². The van der Waals surface area contributed by atoms with Crippen LogP contribution in [0.15, 0.2) is 17.0 Å². The molecule has 21 heavy (non-hydrogen) atoms. The largest absolute Gasteiger partial charge is 0.492 e. The van der Waals surface area contributed by atoms with E-state index in [9.17, 15) is 17.6 Å². The van der Waals surface area contributed by atoms with Crippen LogP contribution in [0.5, 0.6) is 5.75 Å². The van der Waals surface area contributed by atoms with E-state index < -0.39 is 32.4 Å². The molecule has 0 aliphatic rings. The van der Waals surface area contributed by atoms with Gasteiger partial charge in [0.25, 0.3) is 5.91 Å². The summed E-state index contributed by atoms with van der Waals surface area (Å²) >= 11 is 0. The van der Waals surface area contributed by atoms with Gasteiger partial charge in [-0.3, -0.25) is 4.79 Å². The quantitative estimate of drug-likeness (QED) is 0.781. The highest BCUT2D eigenvalue weighted by molar-refractivity contribution is 7.89. The molecule has 0 bridgehead atoms. The maximum Gasteiger partial charge on any atom is 0.251 e. The molecule has 1 rings (SSSR count). The first-order chi connectivity index (χ1) is 9.70. The van der Waals surface area contributed by atoms with Crippen LogP contribution in [0, 0.1) is 5.82 Å². The number of hydrogen-bond donors (Lipinski definition) is 2. The van der Waals surface area contributed by atoms with Crippen LogP contribution in [-0.4, -0.2) is 41.2 Å². The van der Waals surface area contributed by atoms with Gasteiger partial charge in [-0.2, -0.15) is 0 Å². The molecule has 0 saturated carbocycles. The van der Waals surface area contributed by atoms with E-state index in [0.717, 1.165) is 19.2 Å². The molecule has 0 fully saturated rings. The summed E-state index contributed by atoms with van der Waals surface area (Å²) in [7, 11) is -1.65. The third-order valence-corrected chi connectivity index (χ3v) is 3.65. The lowest BCUT2D eigenvalue weighted by Gasteiger charge is -2.13. The number of ether oxygens (including phenoxy) is 2. The second-order valence-electron chi connectivity index (χ2n) is 4.29. The van der Waals surface area contributed by atoms with E-state index in [-0.39, 0.29) is 18.2 Å². The Hall–Kier alpha value is -1.71. The van der Waals surface area contributed by atoms with Crippen molar-refractivity contribution in [1.29, 1.82) is 0 Å². The number of sulfonamides is 1. The molecule has 7 nitrogen and oxygen atoms in total. The highest BCUT2D eigenvalue weighted by Gasteiger charge is 2.22. The number of primary sulfonamides is 1. The van der Waals surface area contributed by atoms with Crippen LogP contribution in [0.2, 0.25) is 0 Å². The number of carbonyl (C=O) groups is 1. The Kier molecular flexibility index (Phi) is 5.64. The Bertz CT molecular complexity index is 633. The molecule has 0 heterocycles. The monoisotopic (exact) mass is 320 g/mol. The summed E-state index contributed by atoms with van der Waals surface area (Å²) in [6.45, 7) is 1.92. The van der Waals surface area contributed by atoms with E-state index in [0.29, 0.717) is 0 Å². The lowest BCUT2D eigenvalue weighted by atomic mass is 10.2. The van der Waals surface area contributed by atoms with Crippen molar-refractivity contribution in [2.75, 3.05) is 20.8 Å². The molecule has 0 aliphatic heterocycles. The third kappa shape index (κ3) is 4.38. The van der Waals surface area contributed by atoms with Gasteiger partial charge in [0.1, 0.15) is 4.90 Å². The number of carbonyl (C=O) groups excluding carboxylic acids is 1. The van der Waals surface area contributed by atoms with Crippen LogP contribution in [0.25, 0.3) is 0 Å². The Morgan fingerprint density at radius 3 is 2.52 bits per heavy atom. The minimum atomic E-state index is -4.23. The molecule has 0 saturated heterocycles. The normalized spacial score (nSPS) is 12.8. The van der Waals surface area contributed by atoms with Crippen LogP contribution in [0.4, 0.5) is 4.39 Å². The van der Waals surface area contributed by atoms with Crippen molar-refractivity contribution in [2.45, 2.75) is 17.9 Å². The first-order valence-corrected chi connectivity index (χ1v) is 7.46. The van der Waals surface area contributed by atoms with E-state index >= 15 is 0 Å². The van der Waals surface area contributed by atoms with Gasteiger partial charge in [0, 0.05) is 19.2 Å². The molecule has 1 aromatic rings. The summed E-state index contributed by atoms with van der Waals surface area (Å²) in [6.07, 6.45) is -0.241. The Morgan fingerprint density at radius 2 is 2.05 bits per heavy atom. The number of benzene rings is 1. The molecule has 1 amide bonds. The molecule has 0 aliphatic carbocycles. The SMILES string of the molecule is COc1c(F)cc(C(=O)NCC(C)OC)cc1S(N)(=O)=O. The minimum absolute atomic E-state index is 0.180. The van der Waals surface area contributed by atoms with Crippen molar-refractivity contribution in [2.24, 2.45) is 5.14 Å². The summed E-state index contributed by atoms with van der Waals surface area (Å²) < 4.78 is 46.3. The number of nitrogens with two attached hydrogens (primary N) is 1. The van der Waals surface area contributed by atoms with Gasteiger partial charge in [0.15, 0.2) is 11.6 Å². The average Bonchev–Trinajstić information content (AvgIpc) is 2.42. The molecule has 1 atom stereocenters. The number of nitrogens with one attached hydrogen (secondary N) is 1. The van der Waals surface area contributed by atoms with Crippen LogP contribution >= 0.6 is 0 Å². The van der Waals surface area contributed by atoms with Crippen LogP contribution in [0.1, 0.15) is 17.3 Å². The van der Waals surface area contributed by atoms with Gasteiger partial charge < -0.3 is 14.8 Å². The molecule has 118 valence electrons. The minimum Gasteiger partial charge on any atom is -0.492 e. The molecule has 1 aromatic carbocycles. The third-order valence-electron chi connectivity index (χ3n) is 2.73. The fourth-order valence-electron chi connectivity index (χ4n) is 1.53. The second-order valence-corrected chi connectivity index (χ2v) is 5.82. The van der Waals surface area contributed by atoms with Gasteiger partial charge in [-0.05, 0) is 19.1 Å². The molecular weight excluding hydrogens is 303 g/mol. The Labute approximate surface area is 122 Å². The van der Waals surface area contributed by atoms with E-state index in [1.54, 1.807) is 6.92 Å². The number of amides is 1. The maximum atomic E-state index is 13.8.